The third-order valence-electron chi connectivity index (χ3n) is 4.86. The topological polar surface area (TPSA) is 148 Å². The standard InChI is InChI=1S/C20H19N5O5S/c21-13-1-3-14(4-2-13)30-15-5-7-16(8-6-15)31(28,29)25-12-18-17(22-9-10-23-18)11-19(25)20(26)24-27/h1-10,19,27H,11-12,21H2,(H,24,26). The number of aromatic nitrogens is 2. The fourth-order valence-corrected chi connectivity index (χ4v) is 4.83. The summed E-state index contributed by atoms with van der Waals surface area (Å²) >= 11 is 0. The molecule has 1 amide bonds. The summed E-state index contributed by atoms with van der Waals surface area (Å²) in [4.78, 5) is 20.5. The molecule has 160 valence electrons. The normalized spacial score (nSPS) is 16.4. The van der Waals surface area contributed by atoms with Gasteiger partial charge in [0.05, 0.1) is 22.8 Å². The van der Waals surface area contributed by atoms with Crippen LogP contribution in [0, 0.1) is 0 Å². The number of carbonyl (C=O) groups is 1. The summed E-state index contributed by atoms with van der Waals surface area (Å²) in [6, 6.07) is 11.4. The molecule has 1 atom stereocenters. The minimum absolute atomic E-state index is 0.00682. The molecule has 0 fully saturated rings. The van der Waals surface area contributed by atoms with Crippen LogP contribution in [0.25, 0.3) is 0 Å². The molecule has 0 radical (unpaired) electrons. The van der Waals surface area contributed by atoms with E-state index in [-0.39, 0.29) is 17.9 Å². The third-order valence-corrected chi connectivity index (χ3v) is 6.73. The molecule has 31 heavy (non-hydrogen) atoms. The maximum atomic E-state index is 13.3. The number of nitrogens with two attached hydrogens (primary N) is 1. The third kappa shape index (κ3) is 4.19. The predicted molar refractivity (Wildman–Crippen MR) is 110 cm³/mol. The van der Waals surface area contributed by atoms with Crippen molar-refractivity contribution in [1.29, 1.82) is 0 Å². The average molecular weight is 441 g/mol. The minimum Gasteiger partial charge on any atom is -0.457 e. The molecule has 1 unspecified atom stereocenters. The molecule has 10 nitrogen and oxygen atoms in total. The number of hydrogen-bond donors (Lipinski definition) is 3. The Balaban J connectivity index is 1.61. The van der Waals surface area contributed by atoms with Crippen molar-refractivity contribution in [3.8, 4) is 11.5 Å². The van der Waals surface area contributed by atoms with E-state index >= 15 is 0 Å². The second-order valence-electron chi connectivity index (χ2n) is 6.84. The highest BCUT2D eigenvalue weighted by atomic mass is 32.2. The highest BCUT2D eigenvalue weighted by Crippen LogP contribution is 2.29. The van der Waals surface area contributed by atoms with Crippen LogP contribution in [0.15, 0.2) is 65.8 Å². The lowest BCUT2D eigenvalue weighted by Crippen LogP contribution is -2.52. The molecule has 0 bridgehead atoms. The second-order valence-corrected chi connectivity index (χ2v) is 8.73. The van der Waals surface area contributed by atoms with Gasteiger partial charge in [-0.05, 0) is 48.5 Å². The number of benzene rings is 2. The van der Waals surface area contributed by atoms with Gasteiger partial charge in [0.15, 0.2) is 0 Å². The van der Waals surface area contributed by atoms with Gasteiger partial charge in [-0.15, -0.1) is 0 Å². The zero-order valence-electron chi connectivity index (χ0n) is 16.2. The van der Waals surface area contributed by atoms with E-state index in [1.54, 1.807) is 24.3 Å². The SMILES string of the molecule is Nc1ccc(Oc2ccc(S(=O)(=O)N3Cc4nccnc4CC3C(=O)NO)cc2)cc1. The van der Waals surface area contributed by atoms with Crippen molar-refractivity contribution in [1.82, 2.24) is 19.8 Å². The second kappa shape index (κ2) is 8.30. The fraction of sp³-hybridized carbons (Fsp3) is 0.150. The number of sulfonamides is 1. The first-order valence-electron chi connectivity index (χ1n) is 9.26. The Morgan fingerprint density at radius 3 is 2.23 bits per heavy atom. The van der Waals surface area contributed by atoms with E-state index in [0.717, 1.165) is 4.31 Å². The Morgan fingerprint density at radius 2 is 1.61 bits per heavy atom. The van der Waals surface area contributed by atoms with E-state index in [4.69, 9.17) is 15.7 Å². The summed E-state index contributed by atoms with van der Waals surface area (Å²) in [5.74, 6) is 0.141. The Bertz CT molecular complexity index is 1200. The van der Waals surface area contributed by atoms with Crippen LogP contribution in [0.3, 0.4) is 0 Å². The van der Waals surface area contributed by atoms with Crippen LogP contribution in [0.5, 0.6) is 11.5 Å². The van der Waals surface area contributed by atoms with Crippen molar-refractivity contribution in [2.75, 3.05) is 5.73 Å². The molecule has 1 aliphatic rings. The molecule has 4 rings (SSSR count). The number of rotatable bonds is 5. The van der Waals surface area contributed by atoms with E-state index < -0.39 is 22.0 Å². The Hall–Kier alpha value is -3.54. The van der Waals surface area contributed by atoms with Crippen LogP contribution in [-0.4, -0.2) is 39.8 Å². The number of ether oxygens (including phenoxy) is 1. The summed E-state index contributed by atoms with van der Waals surface area (Å²) in [6.07, 6.45) is 2.92. The van der Waals surface area contributed by atoms with E-state index in [0.29, 0.717) is 28.6 Å². The summed E-state index contributed by atoms with van der Waals surface area (Å²) in [5, 5.41) is 9.10. The smallest absolute Gasteiger partial charge is 0.262 e. The zero-order chi connectivity index (χ0) is 22.0. The Kier molecular flexibility index (Phi) is 5.55. The number of amides is 1. The Morgan fingerprint density at radius 1 is 1.03 bits per heavy atom. The first kappa shape index (κ1) is 20.7. The van der Waals surface area contributed by atoms with E-state index in [9.17, 15) is 13.2 Å². The monoisotopic (exact) mass is 441 g/mol. The maximum Gasteiger partial charge on any atom is 0.262 e. The molecule has 0 saturated carbocycles. The van der Waals surface area contributed by atoms with Gasteiger partial charge >= 0.3 is 0 Å². The van der Waals surface area contributed by atoms with Gasteiger partial charge in [0.25, 0.3) is 5.91 Å². The van der Waals surface area contributed by atoms with Crippen LogP contribution in [0.2, 0.25) is 0 Å². The number of nitrogens with one attached hydrogen (secondary N) is 1. The van der Waals surface area contributed by atoms with E-state index in [2.05, 4.69) is 9.97 Å². The van der Waals surface area contributed by atoms with Gasteiger partial charge in [-0.3, -0.25) is 20.0 Å². The maximum absolute atomic E-state index is 13.3. The lowest BCUT2D eigenvalue weighted by molar-refractivity contribution is -0.133. The molecular weight excluding hydrogens is 422 g/mol. The number of carbonyl (C=O) groups excluding carboxylic acids is 1. The number of anilines is 1. The molecule has 1 aromatic heterocycles. The van der Waals surface area contributed by atoms with Crippen molar-refractivity contribution < 1.29 is 23.2 Å². The van der Waals surface area contributed by atoms with Crippen molar-refractivity contribution in [3.05, 3.63) is 72.3 Å². The van der Waals surface area contributed by atoms with Crippen molar-refractivity contribution >= 4 is 21.6 Å². The van der Waals surface area contributed by atoms with Crippen molar-refractivity contribution in [3.63, 3.8) is 0 Å². The van der Waals surface area contributed by atoms with Crippen molar-refractivity contribution in [2.24, 2.45) is 0 Å². The van der Waals surface area contributed by atoms with Crippen LogP contribution in [-0.2, 0) is 27.8 Å². The molecule has 0 spiro atoms. The first-order chi connectivity index (χ1) is 14.9. The van der Waals surface area contributed by atoms with E-state index in [1.807, 2.05) is 0 Å². The van der Waals surface area contributed by atoms with Crippen LogP contribution >= 0.6 is 0 Å². The predicted octanol–water partition coefficient (Wildman–Crippen LogP) is 1.47. The first-order valence-corrected chi connectivity index (χ1v) is 10.7. The number of nitrogen functional groups attached to an aromatic ring is 1. The molecule has 11 heteroatoms. The molecule has 0 saturated heterocycles. The molecule has 1 aliphatic heterocycles. The van der Waals surface area contributed by atoms with Crippen LogP contribution in [0.4, 0.5) is 5.69 Å². The summed E-state index contributed by atoms with van der Waals surface area (Å²) < 4.78 is 33.3. The Labute approximate surface area is 178 Å². The van der Waals surface area contributed by atoms with E-state index in [1.165, 1.54) is 42.1 Å². The van der Waals surface area contributed by atoms with Gasteiger partial charge in [0.1, 0.15) is 17.5 Å². The number of nitrogens with zero attached hydrogens (tertiary/aromatic N) is 3. The summed E-state index contributed by atoms with van der Waals surface area (Å²) in [5.41, 5.74) is 8.75. The fourth-order valence-electron chi connectivity index (χ4n) is 3.28. The quantitative estimate of drug-likeness (QED) is 0.306. The van der Waals surface area contributed by atoms with Gasteiger partial charge in [0.2, 0.25) is 10.0 Å². The molecule has 4 N–H and O–H groups in total. The van der Waals surface area contributed by atoms with Crippen molar-refractivity contribution in [2.45, 2.75) is 23.9 Å². The van der Waals surface area contributed by atoms with Gasteiger partial charge in [-0.1, -0.05) is 0 Å². The lowest BCUT2D eigenvalue weighted by atomic mass is 10.0. The minimum atomic E-state index is -4.08. The average Bonchev–Trinajstić information content (AvgIpc) is 2.79. The molecular formula is C20H19N5O5S. The van der Waals surface area contributed by atoms with Crippen LogP contribution < -0.4 is 16.0 Å². The van der Waals surface area contributed by atoms with Gasteiger partial charge in [-0.25, -0.2) is 13.9 Å². The molecule has 2 aromatic carbocycles. The van der Waals surface area contributed by atoms with Crippen LogP contribution in [0.1, 0.15) is 11.4 Å². The number of fused-ring (bicyclic) bond motifs is 1. The number of hydroxylamine groups is 1. The largest absolute Gasteiger partial charge is 0.457 e. The molecule has 0 aliphatic carbocycles. The lowest BCUT2D eigenvalue weighted by Gasteiger charge is -2.33. The molecule has 2 heterocycles. The highest BCUT2D eigenvalue weighted by molar-refractivity contribution is 7.89. The zero-order valence-corrected chi connectivity index (χ0v) is 17.0. The van der Waals surface area contributed by atoms with Gasteiger partial charge in [-0.2, -0.15) is 4.31 Å². The highest BCUT2D eigenvalue weighted by Gasteiger charge is 2.40. The molecule has 3 aromatic rings. The summed E-state index contributed by atoms with van der Waals surface area (Å²) in [6.45, 7) is -0.146. The van der Waals surface area contributed by atoms with Gasteiger partial charge in [0, 0.05) is 24.5 Å². The summed E-state index contributed by atoms with van der Waals surface area (Å²) in [7, 11) is -4.08. The van der Waals surface area contributed by atoms with Gasteiger partial charge < -0.3 is 10.5 Å². The number of hydrogen-bond acceptors (Lipinski definition) is 8.